The Bertz CT molecular complexity index is 893. The number of rotatable bonds is 4. The van der Waals surface area contributed by atoms with Crippen LogP contribution in [-0.2, 0) is 9.59 Å². The van der Waals surface area contributed by atoms with Crippen LogP contribution in [0.25, 0.3) is 0 Å². The number of aromatic hydroxyl groups is 1. The summed E-state index contributed by atoms with van der Waals surface area (Å²) < 4.78 is 0. The van der Waals surface area contributed by atoms with Crippen LogP contribution in [0.2, 0.25) is 5.02 Å². The van der Waals surface area contributed by atoms with Gasteiger partial charge in [-0.15, -0.1) is 0 Å². The lowest BCUT2D eigenvalue weighted by Gasteiger charge is -2.20. The van der Waals surface area contributed by atoms with Crippen molar-refractivity contribution in [3.05, 3.63) is 58.6 Å². The predicted octanol–water partition coefficient (Wildman–Crippen LogP) is 3.09. The van der Waals surface area contributed by atoms with Gasteiger partial charge in [0, 0.05) is 29.6 Å². The highest BCUT2D eigenvalue weighted by molar-refractivity contribution is 6.32. The summed E-state index contributed by atoms with van der Waals surface area (Å²) in [5, 5.41) is 19.0. The van der Waals surface area contributed by atoms with Gasteiger partial charge in [-0.1, -0.05) is 11.6 Å². The fourth-order valence-electron chi connectivity index (χ4n) is 2.91. The number of fused-ring (bicyclic) bond motifs is 1. The number of nitrogens with zero attached hydrogens (tertiary/aromatic N) is 2. The van der Waals surface area contributed by atoms with Crippen LogP contribution in [0.3, 0.4) is 0 Å². The van der Waals surface area contributed by atoms with Gasteiger partial charge in [-0.05, 0) is 48.9 Å². The Morgan fingerprint density at radius 1 is 1.23 bits per heavy atom. The highest BCUT2D eigenvalue weighted by atomic mass is 35.5. The fourth-order valence-corrected chi connectivity index (χ4v) is 3.08. The van der Waals surface area contributed by atoms with E-state index >= 15 is 0 Å². The summed E-state index contributed by atoms with van der Waals surface area (Å²) in [6.07, 6.45) is -0.0600. The molecule has 6 nitrogen and oxygen atoms in total. The Balaban J connectivity index is 2.16. The smallest absolute Gasteiger partial charge is 0.303 e. The molecule has 0 spiro atoms. The molecule has 0 radical (unpaired) electrons. The quantitative estimate of drug-likeness (QED) is 0.862. The van der Waals surface area contributed by atoms with Gasteiger partial charge in [-0.3, -0.25) is 14.6 Å². The van der Waals surface area contributed by atoms with Gasteiger partial charge >= 0.3 is 5.97 Å². The molecular formula is C19H17ClN2O4. The minimum absolute atomic E-state index is 0.0990. The fraction of sp³-hybridized carbons (Fsp3) is 0.211. The highest BCUT2D eigenvalue weighted by Crippen LogP contribution is 2.31. The first-order valence-electron chi connectivity index (χ1n) is 8.03. The van der Waals surface area contributed by atoms with Crippen LogP contribution in [0.5, 0.6) is 5.75 Å². The van der Waals surface area contributed by atoms with Crippen molar-refractivity contribution in [3.63, 3.8) is 0 Å². The monoisotopic (exact) mass is 372 g/mol. The van der Waals surface area contributed by atoms with Crippen molar-refractivity contribution in [1.82, 2.24) is 0 Å². The summed E-state index contributed by atoms with van der Waals surface area (Å²) >= 11 is 6.15. The van der Waals surface area contributed by atoms with Gasteiger partial charge in [-0.2, -0.15) is 0 Å². The minimum Gasteiger partial charge on any atom is -0.508 e. The van der Waals surface area contributed by atoms with Crippen LogP contribution in [0.15, 0.2) is 47.5 Å². The van der Waals surface area contributed by atoms with Crippen molar-refractivity contribution >= 4 is 34.9 Å². The molecule has 1 aliphatic rings. The van der Waals surface area contributed by atoms with E-state index in [9.17, 15) is 14.7 Å². The van der Waals surface area contributed by atoms with Gasteiger partial charge in [0.15, 0.2) is 0 Å². The topological polar surface area (TPSA) is 90.2 Å². The maximum absolute atomic E-state index is 12.8. The minimum atomic E-state index is -0.980. The van der Waals surface area contributed by atoms with Crippen LogP contribution >= 0.6 is 11.6 Å². The average Bonchev–Trinajstić information content (AvgIpc) is 2.70. The molecule has 1 amide bonds. The van der Waals surface area contributed by atoms with Gasteiger partial charge < -0.3 is 15.1 Å². The van der Waals surface area contributed by atoms with Crippen molar-refractivity contribution in [3.8, 4) is 5.75 Å². The van der Waals surface area contributed by atoms with Gasteiger partial charge in [0.25, 0.3) is 5.91 Å². The first-order valence-corrected chi connectivity index (χ1v) is 8.41. The van der Waals surface area contributed by atoms with E-state index in [2.05, 4.69) is 4.99 Å². The SMILES string of the molecule is CN1C(=O)C(CCC(=O)O)N=C(c2ccc(O)cc2)c2cc(Cl)ccc21. The lowest BCUT2D eigenvalue weighted by molar-refractivity contribution is -0.137. The number of hydrogen-bond donors (Lipinski definition) is 2. The van der Waals surface area contributed by atoms with E-state index in [0.717, 1.165) is 0 Å². The zero-order valence-electron chi connectivity index (χ0n) is 14.0. The second kappa shape index (κ2) is 7.17. The largest absolute Gasteiger partial charge is 0.508 e. The lowest BCUT2D eigenvalue weighted by atomic mass is 10.00. The molecule has 7 heteroatoms. The predicted molar refractivity (Wildman–Crippen MR) is 99.3 cm³/mol. The lowest BCUT2D eigenvalue weighted by Crippen LogP contribution is -2.35. The van der Waals surface area contributed by atoms with Gasteiger partial charge in [-0.25, -0.2) is 0 Å². The number of benzene rings is 2. The number of carbonyl (C=O) groups is 2. The third-order valence-electron chi connectivity index (χ3n) is 4.25. The van der Waals surface area contributed by atoms with Crippen LogP contribution in [0.1, 0.15) is 24.0 Å². The van der Waals surface area contributed by atoms with E-state index in [4.69, 9.17) is 16.7 Å². The first kappa shape index (κ1) is 17.9. The summed E-state index contributed by atoms with van der Waals surface area (Å²) in [5.41, 5.74) is 2.56. The molecule has 2 aromatic rings. The number of carbonyl (C=O) groups excluding carboxylic acids is 1. The number of phenolic OH excluding ortho intramolecular Hbond substituents is 1. The van der Waals surface area contributed by atoms with Crippen molar-refractivity contribution in [2.45, 2.75) is 18.9 Å². The number of aliphatic carboxylic acids is 1. The number of likely N-dealkylation sites (N-methyl/N-ethyl adjacent to an activating group) is 1. The van der Waals surface area contributed by atoms with E-state index in [-0.39, 0.29) is 24.5 Å². The molecule has 1 atom stereocenters. The maximum Gasteiger partial charge on any atom is 0.303 e. The molecule has 0 saturated heterocycles. The molecule has 2 N–H and O–H groups in total. The van der Waals surface area contributed by atoms with E-state index < -0.39 is 12.0 Å². The van der Waals surface area contributed by atoms with Crippen LogP contribution < -0.4 is 4.90 Å². The van der Waals surface area contributed by atoms with E-state index in [1.807, 2.05) is 0 Å². The van der Waals surface area contributed by atoms with Crippen molar-refractivity contribution in [1.29, 1.82) is 0 Å². The molecule has 1 heterocycles. The second-order valence-electron chi connectivity index (χ2n) is 6.03. The normalized spacial score (nSPS) is 16.7. The molecule has 0 fully saturated rings. The van der Waals surface area contributed by atoms with Crippen LogP contribution in [-0.4, -0.2) is 40.9 Å². The molecule has 0 saturated carbocycles. The summed E-state index contributed by atoms with van der Waals surface area (Å²) in [7, 11) is 1.64. The Kier molecular flexibility index (Phi) is 4.95. The molecule has 0 aromatic heterocycles. The maximum atomic E-state index is 12.8. The number of halogens is 1. The summed E-state index contributed by atoms with van der Waals surface area (Å²) in [5.74, 6) is -1.14. The Morgan fingerprint density at radius 3 is 2.58 bits per heavy atom. The molecule has 2 aromatic carbocycles. The Hall–Kier alpha value is -2.86. The zero-order chi connectivity index (χ0) is 18.8. The van der Waals surface area contributed by atoms with Gasteiger partial charge in [0.2, 0.25) is 0 Å². The van der Waals surface area contributed by atoms with Crippen LogP contribution in [0.4, 0.5) is 5.69 Å². The highest BCUT2D eigenvalue weighted by Gasteiger charge is 2.30. The summed E-state index contributed by atoms with van der Waals surface area (Å²) in [4.78, 5) is 29.8. The molecule has 134 valence electrons. The van der Waals surface area contributed by atoms with Crippen molar-refractivity contribution in [2.24, 2.45) is 4.99 Å². The molecule has 0 bridgehead atoms. The molecule has 1 aliphatic heterocycles. The number of carboxylic acids is 1. The summed E-state index contributed by atoms with van der Waals surface area (Å²) in [6.45, 7) is 0. The molecular weight excluding hydrogens is 356 g/mol. The second-order valence-corrected chi connectivity index (χ2v) is 6.47. The van der Waals surface area contributed by atoms with E-state index in [1.165, 1.54) is 17.0 Å². The van der Waals surface area contributed by atoms with Crippen LogP contribution in [0, 0.1) is 0 Å². The summed E-state index contributed by atoms with van der Waals surface area (Å²) in [6, 6.07) is 10.8. The first-order chi connectivity index (χ1) is 12.4. The number of hydrogen-bond acceptors (Lipinski definition) is 4. The number of anilines is 1. The zero-order valence-corrected chi connectivity index (χ0v) is 14.8. The third-order valence-corrected chi connectivity index (χ3v) is 4.48. The number of amides is 1. The molecule has 1 unspecified atom stereocenters. The Morgan fingerprint density at radius 2 is 1.92 bits per heavy atom. The van der Waals surface area contributed by atoms with Crippen molar-refractivity contribution < 1.29 is 19.8 Å². The number of benzodiazepines with no additional fused rings is 1. The number of phenols is 1. The molecule has 26 heavy (non-hydrogen) atoms. The van der Waals surface area contributed by atoms with Gasteiger partial charge in [0.05, 0.1) is 11.4 Å². The average molecular weight is 373 g/mol. The third kappa shape index (κ3) is 3.55. The van der Waals surface area contributed by atoms with Gasteiger partial charge in [0.1, 0.15) is 11.8 Å². The Labute approximate surface area is 155 Å². The van der Waals surface area contributed by atoms with Crippen molar-refractivity contribution in [2.75, 3.05) is 11.9 Å². The van der Waals surface area contributed by atoms with E-state index in [0.29, 0.717) is 27.5 Å². The van der Waals surface area contributed by atoms with E-state index in [1.54, 1.807) is 37.4 Å². The molecule has 0 aliphatic carbocycles. The standard InChI is InChI=1S/C19H17ClN2O4/c1-22-16-8-4-12(20)10-14(16)18(11-2-5-13(23)6-3-11)21-15(19(22)26)7-9-17(24)25/h2-6,8,10,15,23H,7,9H2,1H3,(H,24,25). The number of carboxylic acid groups (broad SMARTS) is 1. The molecule has 3 rings (SSSR count). The number of aliphatic imine (C=N–C) groups is 1.